The van der Waals surface area contributed by atoms with Gasteiger partial charge in [-0.1, -0.05) is 11.8 Å². The minimum absolute atomic E-state index is 0.000669. The number of amides is 1. The number of nitrogens with one attached hydrogen (secondary N) is 1. The van der Waals surface area contributed by atoms with E-state index in [-0.39, 0.29) is 34.6 Å². The summed E-state index contributed by atoms with van der Waals surface area (Å²) < 4.78 is 33.4. The lowest BCUT2D eigenvalue weighted by molar-refractivity contribution is -0.120. The average Bonchev–Trinajstić information content (AvgIpc) is 3.19. The molecular formula is C13H15N3O5S2. The molecule has 2 atom stereocenters. The van der Waals surface area contributed by atoms with Gasteiger partial charge in [-0.3, -0.25) is 4.79 Å². The van der Waals surface area contributed by atoms with Crippen molar-refractivity contribution in [2.75, 3.05) is 11.5 Å². The summed E-state index contributed by atoms with van der Waals surface area (Å²) in [7, 11) is -3.02. The Balaban J connectivity index is 1.56. The molecule has 10 heteroatoms. The molecule has 0 radical (unpaired) electrons. The molecule has 1 aliphatic heterocycles. The van der Waals surface area contributed by atoms with Gasteiger partial charge in [0.1, 0.15) is 0 Å². The molecule has 0 aliphatic carbocycles. The number of aromatic nitrogens is 2. The van der Waals surface area contributed by atoms with Gasteiger partial charge in [-0.05, 0) is 25.5 Å². The SMILES string of the molecule is C[C@H](Sc1nnc(-c2ccco2)o1)C(=O)N[C@H]1CCS(=O)(=O)C1. The van der Waals surface area contributed by atoms with Crippen LogP contribution in [0.5, 0.6) is 0 Å². The topological polar surface area (TPSA) is 115 Å². The van der Waals surface area contributed by atoms with E-state index in [2.05, 4.69) is 15.5 Å². The van der Waals surface area contributed by atoms with E-state index in [1.807, 2.05) is 0 Å². The van der Waals surface area contributed by atoms with Gasteiger partial charge < -0.3 is 14.2 Å². The fraction of sp³-hybridized carbons (Fsp3) is 0.462. The summed E-state index contributed by atoms with van der Waals surface area (Å²) in [6, 6.07) is 3.08. The summed E-state index contributed by atoms with van der Waals surface area (Å²) >= 11 is 1.11. The van der Waals surface area contributed by atoms with Gasteiger partial charge in [0.2, 0.25) is 5.91 Å². The third-order valence-electron chi connectivity index (χ3n) is 3.36. The molecule has 1 N–H and O–H groups in total. The maximum Gasteiger partial charge on any atom is 0.284 e. The van der Waals surface area contributed by atoms with Crippen LogP contribution in [0.1, 0.15) is 13.3 Å². The molecule has 2 aromatic heterocycles. The highest BCUT2D eigenvalue weighted by molar-refractivity contribution is 8.00. The van der Waals surface area contributed by atoms with Gasteiger partial charge in [0.05, 0.1) is 23.0 Å². The Morgan fingerprint density at radius 1 is 1.48 bits per heavy atom. The highest BCUT2D eigenvalue weighted by Crippen LogP contribution is 2.26. The van der Waals surface area contributed by atoms with Crippen molar-refractivity contribution in [2.24, 2.45) is 0 Å². The van der Waals surface area contributed by atoms with E-state index in [0.29, 0.717) is 12.2 Å². The van der Waals surface area contributed by atoms with E-state index in [9.17, 15) is 13.2 Å². The fourth-order valence-corrected chi connectivity index (χ4v) is 4.56. The van der Waals surface area contributed by atoms with Crippen LogP contribution < -0.4 is 5.32 Å². The van der Waals surface area contributed by atoms with Crippen LogP contribution in [0.2, 0.25) is 0 Å². The molecular weight excluding hydrogens is 342 g/mol. The second-order valence-electron chi connectivity index (χ2n) is 5.22. The maximum atomic E-state index is 12.1. The van der Waals surface area contributed by atoms with Gasteiger partial charge in [0, 0.05) is 6.04 Å². The molecule has 8 nitrogen and oxygen atoms in total. The van der Waals surface area contributed by atoms with Crippen molar-refractivity contribution in [3.8, 4) is 11.7 Å². The zero-order valence-corrected chi connectivity index (χ0v) is 13.9. The summed E-state index contributed by atoms with van der Waals surface area (Å²) in [5.41, 5.74) is 0. The molecule has 1 saturated heterocycles. The zero-order chi connectivity index (χ0) is 16.4. The van der Waals surface area contributed by atoms with Crippen LogP contribution in [0.4, 0.5) is 0 Å². The molecule has 23 heavy (non-hydrogen) atoms. The molecule has 0 saturated carbocycles. The average molecular weight is 357 g/mol. The predicted octanol–water partition coefficient (Wildman–Crippen LogP) is 1.11. The van der Waals surface area contributed by atoms with Gasteiger partial charge in [-0.25, -0.2) is 8.42 Å². The number of carbonyl (C=O) groups excluding carboxylic acids is 1. The van der Waals surface area contributed by atoms with E-state index < -0.39 is 15.1 Å². The molecule has 2 aromatic rings. The summed E-state index contributed by atoms with van der Waals surface area (Å²) in [5, 5.41) is 10.2. The normalized spacial score (nSPS) is 21.2. The Bertz CT molecular complexity index is 784. The van der Waals surface area contributed by atoms with Crippen molar-refractivity contribution < 1.29 is 22.0 Å². The molecule has 3 heterocycles. The zero-order valence-electron chi connectivity index (χ0n) is 12.3. The smallest absolute Gasteiger partial charge is 0.284 e. The van der Waals surface area contributed by atoms with E-state index in [0.717, 1.165) is 11.8 Å². The van der Waals surface area contributed by atoms with Gasteiger partial charge in [-0.2, -0.15) is 0 Å². The molecule has 1 amide bonds. The van der Waals surface area contributed by atoms with Crippen LogP contribution in [0, 0.1) is 0 Å². The molecule has 0 spiro atoms. The van der Waals surface area contributed by atoms with Crippen molar-refractivity contribution in [3.05, 3.63) is 18.4 Å². The Hall–Kier alpha value is -1.81. The minimum atomic E-state index is -3.02. The van der Waals surface area contributed by atoms with Crippen LogP contribution in [-0.2, 0) is 14.6 Å². The number of carbonyl (C=O) groups is 1. The predicted molar refractivity (Wildman–Crippen MR) is 82.5 cm³/mol. The first-order valence-electron chi connectivity index (χ1n) is 6.98. The number of hydrogen-bond donors (Lipinski definition) is 1. The van der Waals surface area contributed by atoms with Crippen LogP contribution >= 0.6 is 11.8 Å². The quantitative estimate of drug-likeness (QED) is 0.791. The Kier molecular flexibility index (Phi) is 4.44. The summed E-state index contributed by atoms with van der Waals surface area (Å²) in [4.78, 5) is 12.1. The Labute approximate surface area is 136 Å². The minimum Gasteiger partial charge on any atom is -0.459 e. The molecule has 0 bridgehead atoms. The Morgan fingerprint density at radius 2 is 2.30 bits per heavy atom. The van der Waals surface area contributed by atoms with E-state index in [1.165, 1.54) is 6.26 Å². The van der Waals surface area contributed by atoms with E-state index >= 15 is 0 Å². The second kappa shape index (κ2) is 6.36. The summed E-state index contributed by atoms with van der Waals surface area (Å²) in [6.07, 6.45) is 1.95. The highest BCUT2D eigenvalue weighted by atomic mass is 32.2. The van der Waals surface area contributed by atoms with Crippen molar-refractivity contribution in [2.45, 2.75) is 29.9 Å². The van der Waals surface area contributed by atoms with E-state index in [1.54, 1.807) is 19.1 Å². The number of rotatable bonds is 5. The summed E-state index contributed by atoms with van der Waals surface area (Å²) in [6.45, 7) is 1.69. The van der Waals surface area contributed by atoms with Crippen LogP contribution in [0.25, 0.3) is 11.7 Å². The van der Waals surface area contributed by atoms with Crippen molar-refractivity contribution in [1.29, 1.82) is 0 Å². The van der Waals surface area contributed by atoms with Gasteiger partial charge >= 0.3 is 0 Å². The van der Waals surface area contributed by atoms with E-state index in [4.69, 9.17) is 8.83 Å². The first kappa shape index (κ1) is 16.1. The van der Waals surface area contributed by atoms with Gasteiger partial charge in [0.25, 0.3) is 11.1 Å². The lowest BCUT2D eigenvalue weighted by atomic mass is 10.2. The highest BCUT2D eigenvalue weighted by Gasteiger charge is 2.30. The molecule has 0 aromatic carbocycles. The van der Waals surface area contributed by atoms with Gasteiger partial charge in [-0.15, -0.1) is 10.2 Å². The van der Waals surface area contributed by atoms with Crippen molar-refractivity contribution in [3.63, 3.8) is 0 Å². The first-order chi connectivity index (χ1) is 10.9. The molecule has 1 aliphatic rings. The fourth-order valence-electron chi connectivity index (χ4n) is 2.19. The van der Waals surface area contributed by atoms with Crippen molar-refractivity contribution in [1.82, 2.24) is 15.5 Å². The summed E-state index contributed by atoms with van der Waals surface area (Å²) in [5.74, 6) is 0.564. The molecule has 124 valence electrons. The number of nitrogens with zero attached hydrogens (tertiary/aromatic N) is 2. The third kappa shape index (κ3) is 3.94. The standard InChI is InChI=1S/C13H15N3O5S2/c1-8(11(17)14-9-4-6-23(18,19)7-9)22-13-16-15-12(21-13)10-3-2-5-20-10/h2-3,5,8-9H,4,6-7H2,1H3,(H,14,17)/t8-,9-/m0/s1. The van der Waals surface area contributed by atoms with Crippen molar-refractivity contribution >= 4 is 27.5 Å². The second-order valence-corrected chi connectivity index (χ2v) is 8.74. The Morgan fingerprint density at radius 3 is 2.96 bits per heavy atom. The third-order valence-corrected chi connectivity index (χ3v) is 6.07. The number of thioether (sulfide) groups is 1. The van der Waals surface area contributed by atoms with Gasteiger partial charge in [0.15, 0.2) is 15.6 Å². The molecule has 1 fully saturated rings. The number of furan rings is 1. The monoisotopic (exact) mass is 357 g/mol. The first-order valence-corrected chi connectivity index (χ1v) is 9.68. The lowest BCUT2D eigenvalue weighted by Crippen LogP contribution is -2.39. The molecule has 0 unspecified atom stereocenters. The van der Waals surface area contributed by atoms with Crippen LogP contribution in [0.15, 0.2) is 32.5 Å². The lowest BCUT2D eigenvalue weighted by Gasteiger charge is -2.14. The molecule has 3 rings (SSSR count). The largest absolute Gasteiger partial charge is 0.459 e. The number of hydrogen-bond acceptors (Lipinski definition) is 8. The number of sulfone groups is 1. The van der Waals surface area contributed by atoms with Crippen LogP contribution in [0.3, 0.4) is 0 Å². The maximum absolute atomic E-state index is 12.1. The van der Waals surface area contributed by atoms with Crippen LogP contribution in [-0.4, -0.2) is 47.3 Å².